The molecule has 2 rings (SSSR count). The number of nitrogens with zero attached hydrogens (tertiary/aromatic N) is 1. The van der Waals surface area contributed by atoms with Crippen LogP contribution in [0, 0.1) is 0 Å². The molecule has 1 N–H and O–H groups in total. The van der Waals surface area contributed by atoms with Crippen molar-refractivity contribution in [3.8, 4) is 5.75 Å². The van der Waals surface area contributed by atoms with Gasteiger partial charge >= 0.3 is 0 Å². The molecule has 150 valence electrons. The zero-order valence-corrected chi connectivity index (χ0v) is 16.8. The lowest BCUT2D eigenvalue weighted by Crippen LogP contribution is -2.42. The first kappa shape index (κ1) is 21.2. The maximum Gasteiger partial charge on any atom is 0.260 e. The fourth-order valence-electron chi connectivity index (χ4n) is 3.18. The number of hydrogen-bond acceptors (Lipinski definition) is 4. The molecule has 0 aliphatic carbocycles. The van der Waals surface area contributed by atoms with Crippen LogP contribution in [0.5, 0.6) is 5.75 Å². The van der Waals surface area contributed by atoms with Crippen molar-refractivity contribution in [2.45, 2.75) is 58.5 Å². The third kappa shape index (κ3) is 6.24. The lowest BCUT2D eigenvalue weighted by atomic mass is 9.97. The predicted molar refractivity (Wildman–Crippen MR) is 106 cm³/mol. The summed E-state index contributed by atoms with van der Waals surface area (Å²) in [6.07, 6.45) is 4.76. The van der Waals surface area contributed by atoms with Gasteiger partial charge in [-0.15, -0.1) is 0 Å². The van der Waals surface area contributed by atoms with Crippen LogP contribution in [0.1, 0.15) is 52.9 Å². The third-order valence-corrected chi connectivity index (χ3v) is 4.88. The van der Waals surface area contributed by atoms with Gasteiger partial charge in [0.25, 0.3) is 11.8 Å². The Hall–Kier alpha value is -2.08. The summed E-state index contributed by atoms with van der Waals surface area (Å²) in [4.78, 5) is 26.5. The van der Waals surface area contributed by atoms with Crippen molar-refractivity contribution in [2.75, 3.05) is 31.6 Å². The Morgan fingerprint density at radius 1 is 1.15 bits per heavy atom. The smallest absolute Gasteiger partial charge is 0.260 e. The van der Waals surface area contributed by atoms with E-state index in [1.807, 2.05) is 18.7 Å². The number of amides is 2. The zero-order valence-electron chi connectivity index (χ0n) is 16.8. The van der Waals surface area contributed by atoms with Crippen molar-refractivity contribution in [3.05, 3.63) is 24.3 Å². The molecule has 0 aromatic heterocycles. The van der Waals surface area contributed by atoms with Crippen molar-refractivity contribution in [1.82, 2.24) is 4.90 Å². The van der Waals surface area contributed by atoms with Gasteiger partial charge in [-0.2, -0.15) is 0 Å². The van der Waals surface area contributed by atoms with Crippen molar-refractivity contribution >= 4 is 17.5 Å². The Kier molecular flexibility index (Phi) is 8.10. The summed E-state index contributed by atoms with van der Waals surface area (Å²) in [6.45, 7) is 8.01. The van der Waals surface area contributed by atoms with Crippen LogP contribution in [0.3, 0.4) is 0 Å². The van der Waals surface area contributed by atoms with Crippen molar-refractivity contribution in [2.24, 2.45) is 0 Å². The van der Waals surface area contributed by atoms with E-state index < -0.39 is 5.60 Å². The number of carbonyl (C=O) groups excluding carboxylic acids is 2. The first-order chi connectivity index (χ1) is 13.0. The summed E-state index contributed by atoms with van der Waals surface area (Å²) in [7, 11) is 0. The highest BCUT2D eigenvalue weighted by Gasteiger charge is 2.33. The van der Waals surface area contributed by atoms with Gasteiger partial charge in [-0.1, -0.05) is 19.8 Å². The van der Waals surface area contributed by atoms with Crippen LogP contribution in [0.15, 0.2) is 24.3 Å². The number of anilines is 1. The van der Waals surface area contributed by atoms with Crippen LogP contribution in [0.4, 0.5) is 5.69 Å². The standard InChI is InChI=1S/C21H32N2O4/c1-4-6-13-21(3,27-5-2)20(25)22-17-9-11-18(12-10-17)26-16-19(24)23-14-7-8-15-23/h9-12H,4-8,13-16H2,1-3H3,(H,22,25)/t21-/m0/s1. The average molecular weight is 376 g/mol. The van der Waals surface area contributed by atoms with E-state index in [0.717, 1.165) is 38.8 Å². The van der Waals surface area contributed by atoms with E-state index in [0.29, 0.717) is 24.5 Å². The minimum Gasteiger partial charge on any atom is -0.484 e. The predicted octanol–water partition coefficient (Wildman–Crippen LogP) is 3.61. The normalized spacial score (nSPS) is 16.0. The highest BCUT2D eigenvalue weighted by molar-refractivity contribution is 5.97. The molecule has 0 bridgehead atoms. The quantitative estimate of drug-likeness (QED) is 0.677. The van der Waals surface area contributed by atoms with Crippen molar-refractivity contribution < 1.29 is 19.1 Å². The Labute approximate surface area is 162 Å². The van der Waals surface area contributed by atoms with Gasteiger partial charge in [0.2, 0.25) is 0 Å². The number of rotatable bonds is 10. The largest absolute Gasteiger partial charge is 0.484 e. The molecular weight excluding hydrogens is 344 g/mol. The number of hydrogen-bond donors (Lipinski definition) is 1. The number of ether oxygens (including phenoxy) is 2. The maximum atomic E-state index is 12.7. The first-order valence-corrected chi connectivity index (χ1v) is 9.94. The van der Waals surface area contributed by atoms with Crippen LogP contribution >= 0.6 is 0 Å². The van der Waals surface area contributed by atoms with E-state index in [1.165, 1.54) is 0 Å². The molecule has 1 aliphatic heterocycles. The molecule has 1 atom stereocenters. The van der Waals surface area contributed by atoms with Crippen molar-refractivity contribution in [3.63, 3.8) is 0 Å². The van der Waals surface area contributed by atoms with Gasteiger partial charge in [-0.25, -0.2) is 0 Å². The summed E-state index contributed by atoms with van der Waals surface area (Å²) in [6, 6.07) is 7.08. The molecule has 6 heteroatoms. The molecule has 27 heavy (non-hydrogen) atoms. The molecule has 1 saturated heterocycles. The Morgan fingerprint density at radius 2 is 1.81 bits per heavy atom. The summed E-state index contributed by atoms with van der Waals surface area (Å²) >= 11 is 0. The SMILES string of the molecule is CCCC[C@](C)(OCC)C(=O)Nc1ccc(OCC(=O)N2CCCC2)cc1. The molecule has 0 spiro atoms. The van der Waals surface area contributed by atoms with Crippen LogP contribution < -0.4 is 10.1 Å². The van der Waals surface area contributed by atoms with E-state index in [4.69, 9.17) is 9.47 Å². The van der Waals surface area contributed by atoms with Crippen LogP contribution in [0.25, 0.3) is 0 Å². The Balaban J connectivity index is 1.88. The monoisotopic (exact) mass is 376 g/mol. The average Bonchev–Trinajstić information content (AvgIpc) is 3.20. The van der Waals surface area contributed by atoms with E-state index in [1.54, 1.807) is 24.3 Å². The fourth-order valence-corrected chi connectivity index (χ4v) is 3.18. The molecule has 6 nitrogen and oxygen atoms in total. The number of unbranched alkanes of at least 4 members (excludes halogenated alkanes) is 1. The lowest BCUT2D eigenvalue weighted by molar-refractivity contribution is -0.139. The van der Waals surface area contributed by atoms with Crippen LogP contribution in [0.2, 0.25) is 0 Å². The molecule has 0 radical (unpaired) electrons. The second-order valence-corrected chi connectivity index (χ2v) is 7.12. The van der Waals surface area contributed by atoms with E-state index in [2.05, 4.69) is 12.2 Å². The second kappa shape index (κ2) is 10.3. The second-order valence-electron chi connectivity index (χ2n) is 7.12. The summed E-state index contributed by atoms with van der Waals surface area (Å²) in [5.41, 5.74) is -0.150. The van der Waals surface area contributed by atoms with Crippen LogP contribution in [-0.2, 0) is 14.3 Å². The molecule has 2 amide bonds. The topological polar surface area (TPSA) is 67.9 Å². The molecule has 1 aliphatic rings. The number of benzene rings is 1. The molecule has 1 fully saturated rings. The third-order valence-electron chi connectivity index (χ3n) is 4.88. The first-order valence-electron chi connectivity index (χ1n) is 9.94. The lowest BCUT2D eigenvalue weighted by Gasteiger charge is -2.28. The number of nitrogens with one attached hydrogen (secondary N) is 1. The molecule has 0 saturated carbocycles. The van der Waals surface area contributed by atoms with Gasteiger partial charge in [0.15, 0.2) is 6.61 Å². The molecule has 0 unspecified atom stereocenters. The Bertz CT molecular complexity index is 611. The van der Waals surface area contributed by atoms with Gasteiger partial charge in [0.1, 0.15) is 11.4 Å². The van der Waals surface area contributed by atoms with Gasteiger partial charge < -0.3 is 19.7 Å². The Morgan fingerprint density at radius 3 is 2.41 bits per heavy atom. The van der Waals surface area contributed by atoms with Crippen molar-refractivity contribution in [1.29, 1.82) is 0 Å². The maximum absolute atomic E-state index is 12.7. The molecule has 1 aromatic carbocycles. The minimum absolute atomic E-state index is 0.0216. The summed E-state index contributed by atoms with van der Waals surface area (Å²) in [5, 5.41) is 2.92. The van der Waals surface area contributed by atoms with E-state index in [9.17, 15) is 9.59 Å². The number of carbonyl (C=O) groups is 2. The zero-order chi connectivity index (χ0) is 19.7. The molecular formula is C21H32N2O4. The van der Waals surface area contributed by atoms with Gasteiger partial charge in [-0.05, 0) is 57.4 Å². The highest BCUT2D eigenvalue weighted by Crippen LogP contribution is 2.23. The summed E-state index contributed by atoms with van der Waals surface area (Å²) in [5.74, 6) is 0.489. The van der Waals surface area contributed by atoms with E-state index in [-0.39, 0.29) is 18.4 Å². The fraction of sp³-hybridized carbons (Fsp3) is 0.619. The minimum atomic E-state index is -0.831. The molecule has 1 heterocycles. The van der Waals surface area contributed by atoms with Gasteiger partial charge in [0, 0.05) is 25.4 Å². The van der Waals surface area contributed by atoms with Crippen LogP contribution in [-0.4, -0.2) is 48.6 Å². The molecule has 1 aromatic rings. The number of likely N-dealkylation sites (tertiary alicyclic amines) is 1. The highest BCUT2D eigenvalue weighted by atomic mass is 16.5. The van der Waals surface area contributed by atoms with Gasteiger partial charge in [-0.3, -0.25) is 9.59 Å². The van der Waals surface area contributed by atoms with Gasteiger partial charge in [0.05, 0.1) is 0 Å². The van der Waals surface area contributed by atoms with E-state index >= 15 is 0 Å². The summed E-state index contributed by atoms with van der Waals surface area (Å²) < 4.78 is 11.3.